The summed E-state index contributed by atoms with van der Waals surface area (Å²) in [6.45, 7) is 4.67. The number of hydrogen-bond donors (Lipinski definition) is 0. The highest BCUT2D eigenvalue weighted by Gasteiger charge is 2.37. The highest BCUT2D eigenvalue weighted by molar-refractivity contribution is 7.28. The zero-order valence-electron chi connectivity index (χ0n) is 76.9. The molecule has 14 heteroatoms. The molecule has 0 saturated heterocycles. The number of para-hydroxylation sites is 7. The Morgan fingerprint density at radius 2 is 0.510 bits per heavy atom. The lowest BCUT2D eigenvalue weighted by Crippen LogP contribution is -2.15. The van der Waals surface area contributed by atoms with Crippen LogP contribution in [0.3, 0.4) is 0 Å². The molecule has 0 N–H and O–H groups in total. The molecule has 0 spiro atoms. The molecule has 21 aromatic carbocycles. The fourth-order valence-electron chi connectivity index (χ4n) is 23.8. The zero-order valence-corrected chi connectivity index (χ0v) is 80.2. The predicted octanol–water partition coefficient (Wildman–Crippen LogP) is 36.3. The summed E-state index contributed by atoms with van der Waals surface area (Å²) in [5, 5.41) is 30.6. The third kappa shape index (κ3) is 11.8. The summed E-state index contributed by atoms with van der Waals surface area (Å²) in [7, 11) is 0. The average molecular weight is 1900 g/mol. The van der Waals surface area contributed by atoms with Gasteiger partial charge in [0.2, 0.25) is 17.8 Å². The summed E-state index contributed by atoms with van der Waals surface area (Å²) in [6.07, 6.45) is 0. The molecule has 11 heterocycles. The second-order valence-corrected chi connectivity index (χ2v) is 42.2. The number of rotatable bonds is 6. The Morgan fingerprint density at radius 3 is 0.951 bits per heavy atom. The Kier molecular flexibility index (Phi) is 17.3. The molecule has 33 rings (SSSR count). The van der Waals surface area contributed by atoms with E-state index in [4.69, 9.17) is 34.3 Å². The van der Waals surface area contributed by atoms with Crippen molar-refractivity contribution in [2.75, 3.05) is 0 Å². The van der Waals surface area contributed by atoms with Crippen LogP contribution in [0.25, 0.3) is 296 Å². The quantitative estimate of drug-likeness (QED) is 0.163. The lowest BCUT2D eigenvalue weighted by molar-refractivity contribution is 0.660. The zero-order chi connectivity index (χ0) is 93.7. The van der Waals surface area contributed by atoms with Gasteiger partial charge >= 0.3 is 0 Å². The molecule has 0 fully saturated rings. The summed E-state index contributed by atoms with van der Waals surface area (Å²) in [5.74, 6) is 2.04. The number of fused-ring (bicyclic) bond motifs is 42. The van der Waals surface area contributed by atoms with Gasteiger partial charge in [-0.1, -0.05) is 341 Å². The normalized spacial score (nSPS) is 12.7. The van der Waals surface area contributed by atoms with Crippen LogP contribution in [0.1, 0.15) is 25.0 Å². The van der Waals surface area contributed by atoms with E-state index >= 15 is 0 Å². The molecule has 32 aromatic rings. The van der Waals surface area contributed by atoms with Crippen molar-refractivity contribution in [3.8, 4) is 62.7 Å². The Balaban J connectivity index is 0.0000000981. The third-order valence-corrected chi connectivity index (χ3v) is 34.7. The first kappa shape index (κ1) is 80.4. The first-order chi connectivity index (χ1) is 70.7. The minimum absolute atomic E-state index is 0.103. The van der Waals surface area contributed by atoms with E-state index in [1.54, 1.807) is 0 Å². The van der Waals surface area contributed by atoms with Crippen LogP contribution >= 0.6 is 45.3 Å². The predicted molar refractivity (Wildman–Crippen MR) is 607 cm³/mol. The molecule has 0 bridgehead atoms. The first-order valence-electron chi connectivity index (χ1n) is 48.4. The van der Waals surface area contributed by atoms with Gasteiger partial charge in [-0.05, 0) is 146 Å². The van der Waals surface area contributed by atoms with Crippen LogP contribution in [-0.4, -0.2) is 43.6 Å². The highest BCUT2D eigenvalue weighted by Crippen LogP contribution is 2.55. The summed E-state index contributed by atoms with van der Waals surface area (Å²) in [5.41, 5.74) is 22.5. The van der Waals surface area contributed by atoms with Gasteiger partial charge in [-0.25, -0.2) is 29.9 Å². The smallest absolute Gasteiger partial charge is 0.235 e. The molecule has 0 saturated carbocycles. The van der Waals surface area contributed by atoms with Crippen LogP contribution in [0, 0.1) is 0 Å². The third-order valence-electron chi connectivity index (χ3n) is 30.0. The number of aromatic nitrogens is 9. The molecule has 0 radical (unpaired) electrons. The van der Waals surface area contributed by atoms with E-state index in [0.717, 1.165) is 110 Å². The Labute approximate surface area is 831 Å². The van der Waals surface area contributed by atoms with E-state index in [1.807, 2.05) is 57.5 Å². The maximum atomic E-state index is 6.32. The van der Waals surface area contributed by atoms with Crippen LogP contribution in [0.2, 0.25) is 0 Å². The Bertz CT molecular complexity index is 10800. The van der Waals surface area contributed by atoms with E-state index in [1.165, 1.54) is 179 Å². The van der Waals surface area contributed by atoms with Crippen molar-refractivity contribution in [3.63, 3.8) is 0 Å². The number of nitrogens with zero attached hydrogens (tertiary/aromatic N) is 9. The van der Waals surface area contributed by atoms with Crippen molar-refractivity contribution >= 4 is 278 Å². The molecule has 1 aliphatic rings. The molecule has 143 heavy (non-hydrogen) atoms. The minimum atomic E-state index is -0.103. The first-order valence-corrected chi connectivity index (χ1v) is 51.6. The van der Waals surface area contributed by atoms with Crippen molar-refractivity contribution in [2.24, 2.45) is 0 Å². The molecule has 1 aliphatic carbocycles. The summed E-state index contributed by atoms with van der Waals surface area (Å²) >= 11 is 7.42. The van der Waals surface area contributed by atoms with Crippen molar-refractivity contribution < 1.29 is 4.42 Å². The molecule has 0 atom stereocenters. The minimum Gasteiger partial charge on any atom is -0.456 e. The highest BCUT2D eigenvalue weighted by atomic mass is 32.1. The van der Waals surface area contributed by atoms with Crippen LogP contribution < -0.4 is 0 Å². The second-order valence-electron chi connectivity index (χ2n) is 38.0. The summed E-state index contributed by atoms with van der Waals surface area (Å²) in [4.78, 5) is 32.4. The van der Waals surface area contributed by atoms with Gasteiger partial charge in [0.1, 0.15) is 11.2 Å². The molecule has 666 valence electrons. The topological polar surface area (TPSA) is 105 Å². The Morgan fingerprint density at radius 1 is 0.210 bits per heavy atom. The average Bonchev–Trinajstić information content (AvgIpc) is 1.54. The maximum Gasteiger partial charge on any atom is 0.235 e. The van der Waals surface area contributed by atoms with Gasteiger partial charge in [0, 0.05) is 148 Å². The number of hydrogen-bond acceptors (Lipinski definition) is 11. The van der Waals surface area contributed by atoms with Crippen LogP contribution in [0.4, 0.5) is 0 Å². The lowest BCUT2D eigenvalue weighted by atomic mass is 9.82. The molecule has 0 unspecified atom stereocenters. The van der Waals surface area contributed by atoms with Crippen molar-refractivity contribution in [1.82, 2.24) is 43.6 Å². The van der Waals surface area contributed by atoms with Crippen LogP contribution in [0.5, 0.6) is 0 Å². The van der Waals surface area contributed by atoms with Crippen LogP contribution in [0.15, 0.2) is 423 Å². The number of benzene rings is 21. The monoisotopic (exact) mass is 1890 g/mol. The lowest BCUT2D eigenvalue weighted by Gasteiger charge is -2.22. The fourth-order valence-corrected chi connectivity index (χ4v) is 28.7. The van der Waals surface area contributed by atoms with Crippen LogP contribution in [-0.2, 0) is 5.41 Å². The van der Waals surface area contributed by atoms with Crippen molar-refractivity contribution in [3.05, 3.63) is 430 Å². The summed E-state index contributed by atoms with van der Waals surface area (Å²) in [6, 6.07) is 150. The SMILES string of the molecule is CC1(C)c2ccccc2-c2ccc(-c3nc(-n4c5ccccc5c5c6ccccc6c6c7ccccc7sc6c54)nc4ccccc34)cc21.c1ccc2c(-c3ccc4c(c3)oc3ccccc34)nc(-n3c4ccccc4c4c5ccccc5c5c6ccccc6sc5c43)nc2c1.c1ccc2c(-c3ccc4c(c3)sc3ccccc34)nc(-n3c4ccccc4c4c5ccccc5c5c6ccccc6sc5c43)nc2c1. The second kappa shape index (κ2) is 30.8. The van der Waals surface area contributed by atoms with Crippen molar-refractivity contribution in [2.45, 2.75) is 19.3 Å². The van der Waals surface area contributed by atoms with Gasteiger partial charge in [0.05, 0.1) is 80.8 Å². The summed E-state index contributed by atoms with van der Waals surface area (Å²) < 4.78 is 23.5. The van der Waals surface area contributed by atoms with Gasteiger partial charge in [0.25, 0.3) is 0 Å². The molecule has 11 aromatic heterocycles. The van der Waals surface area contributed by atoms with E-state index < -0.39 is 0 Å². The van der Waals surface area contributed by atoms with E-state index in [0.29, 0.717) is 17.8 Å². The van der Waals surface area contributed by atoms with Gasteiger partial charge in [-0.15, -0.1) is 45.3 Å². The van der Waals surface area contributed by atoms with Gasteiger partial charge in [0.15, 0.2) is 0 Å². The molecule has 10 nitrogen and oxygen atoms in total. The fraction of sp³-hybridized carbons (Fsp3) is 0.0233. The number of furan rings is 1. The molecular weight excluding hydrogens is 1820 g/mol. The standard InChI is InChI=1S/C45H29N3S.C42H23N3OS.C42H23N3S2/c1-45(2)34-19-9-5-13-27(34)28-24-23-26(25-35(28)45)41-31-16-6-10-20-36(31)46-44(47-41)48-37-21-11-7-17-32(37)39-29-14-3-4-15-30(29)40-33-18-8-12-22-38(33)49-43(40)42(39)48;1-2-13-28-27(12-1)37-30-15-4-8-18-33(30)45(40(37)41-38(28)31-16-6-10-20-36(31)47-41)42-43-32-17-7-3-14-29(32)39(44-42)24-21-22-26-25-11-5-9-19-34(25)46-35(26)23-24;1-2-13-28-27(12-1)37-30-15-4-8-18-33(30)45(40(37)41-38(28)31-16-6-10-20-35(31)47-41)42-43-32-17-7-3-14-29(32)39(44-42)24-21-22-26-25-11-5-9-19-34(25)46-36(26)23-24/h3-25H,1-2H3;2*1-23H. The largest absolute Gasteiger partial charge is 0.456 e. The Hall–Kier alpha value is -17.5. The van der Waals surface area contributed by atoms with Crippen molar-refractivity contribution in [1.29, 1.82) is 0 Å². The molecule has 0 amide bonds. The van der Waals surface area contributed by atoms with Gasteiger partial charge in [-0.2, -0.15) is 0 Å². The van der Waals surface area contributed by atoms with E-state index in [9.17, 15) is 0 Å². The maximum absolute atomic E-state index is 6.32. The van der Waals surface area contributed by atoms with Gasteiger partial charge < -0.3 is 4.42 Å². The van der Waals surface area contributed by atoms with E-state index in [-0.39, 0.29) is 5.41 Å². The van der Waals surface area contributed by atoms with E-state index in [2.05, 4.69) is 434 Å². The molecule has 0 aliphatic heterocycles. The number of thiophene rings is 4. The molecular formula is C129H75N9OS4. The van der Waals surface area contributed by atoms with Gasteiger partial charge in [-0.3, -0.25) is 13.7 Å².